The van der Waals surface area contributed by atoms with Gasteiger partial charge < -0.3 is 15.6 Å². The topological polar surface area (TPSA) is 72.9 Å². The largest absolute Gasteiger partial charge is 0.344 e. The van der Waals surface area contributed by atoms with Gasteiger partial charge in [-0.25, -0.2) is 4.98 Å². The maximum atomic E-state index is 11.0. The van der Waals surface area contributed by atoms with E-state index < -0.39 is 0 Å². The van der Waals surface area contributed by atoms with E-state index in [9.17, 15) is 4.79 Å². The first kappa shape index (κ1) is 15.1. The number of imidazole rings is 1. The lowest BCUT2D eigenvalue weighted by molar-refractivity contribution is -0.119. The second-order valence-electron chi connectivity index (χ2n) is 4.68. The molecule has 21 heavy (non-hydrogen) atoms. The Hall–Kier alpha value is -2.32. The standard InChI is InChI=1S/C16H20N4O/c1-2-11-20-14-8-4-3-7-13(14)19-15(20)9-5-6-10-18-16(21)12-17/h3-4,7-8H,2,9-12,17H2,1H3,(H,18,21). The molecule has 0 bridgehead atoms. The third kappa shape index (κ3) is 3.83. The first-order valence-electron chi connectivity index (χ1n) is 7.13. The zero-order chi connectivity index (χ0) is 15.1. The Labute approximate surface area is 124 Å². The number of aromatic nitrogens is 2. The highest BCUT2D eigenvalue weighted by Gasteiger charge is 2.07. The Kier molecular flexibility index (Phi) is 5.35. The summed E-state index contributed by atoms with van der Waals surface area (Å²) in [4.78, 5) is 15.6. The van der Waals surface area contributed by atoms with E-state index >= 15 is 0 Å². The van der Waals surface area contributed by atoms with Gasteiger partial charge in [-0.3, -0.25) is 4.79 Å². The number of hydrogen-bond acceptors (Lipinski definition) is 3. The van der Waals surface area contributed by atoms with Gasteiger partial charge in [0.25, 0.3) is 0 Å². The average molecular weight is 284 g/mol. The lowest BCUT2D eigenvalue weighted by Crippen LogP contribution is -2.30. The van der Waals surface area contributed by atoms with Crippen molar-refractivity contribution in [1.82, 2.24) is 14.9 Å². The van der Waals surface area contributed by atoms with E-state index in [0.717, 1.165) is 29.8 Å². The summed E-state index contributed by atoms with van der Waals surface area (Å²) in [6.07, 6.45) is 1.63. The third-order valence-corrected chi connectivity index (χ3v) is 3.11. The van der Waals surface area contributed by atoms with E-state index in [4.69, 9.17) is 5.73 Å². The Morgan fingerprint density at radius 2 is 2.19 bits per heavy atom. The number of fused-ring (bicyclic) bond motifs is 1. The van der Waals surface area contributed by atoms with Crippen LogP contribution >= 0.6 is 0 Å². The lowest BCUT2D eigenvalue weighted by atomic mass is 10.3. The quantitative estimate of drug-likeness (QED) is 0.807. The van der Waals surface area contributed by atoms with Crippen molar-refractivity contribution in [2.75, 3.05) is 13.1 Å². The predicted molar refractivity (Wildman–Crippen MR) is 83.6 cm³/mol. The molecule has 1 amide bonds. The Morgan fingerprint density at radius 1 is 1.38 bits per heavy atom. The van der Waals surface area contributed by atoms with Crippen molar-refractivity contribution in [1.29, 1.82) is 0 Å². The molecule has 1 aromatic carbocycles. The van der Waals surface area contributed by atoms with Crippen molar-refractivity contribution in [3.63, 3.8) is 0 Å². The number of nitrogens with zero attached hydrogens (tertiary/aromatic N) is 2. The van der Waals surface area contributed by atoms with Crippen molar-refractivity contribution in [2.45, 2.75) is 26.3 Å². The molecule has 0 atom stereocenters. The van der Waals surface area contributed by atoms with Gasteiger partial charge in [0, 0.05) is 6.54 Å². The van der Waals surface area contributed by atoms with Crippen LogP contribution in [0.25, 0.3) is 11.0 Å². The molecule has 0 spiro atoms. The third-order valence-electron chi connectivity index (χ3n) is 3.11. The van der Waals surface area contributed by atoms with E-state index in [1.165, 1.54) is 0 Å². The summed E-state index contributed by atoms with van der Waals surface area (Å²) in [7, 11) is 0. The van der Waals surface area contributed by atoms with E-state index in [-0.39, 0.29) is 12.5 Å². The fourth-order valence-corrected chi connectivity index (χ4v) is 2.15. The van der Waals surface area contributed by atoms with E-state index in [0.29, 0.717) is 13.0 Å². The summed E-state index contributed by atoms with van der Waals surface area (Å²) >= 11 is 0. The summed E-state index contributed by atoms with van der Waals surface area (Å²) in [5.74, 6) is 6.75. The summed E-state index contributed by atoms with van der Waals surface area (Å²) in [5.41, 5.74) is 7.35. The minimum atomic E-state index is -0.192. The van der Waals surface area contributed by atoms with Crippen LogP contribution < -0.4 is 11.1 Å². The molecule has 0 aliphatic heterocycles. The van der Waals surface area contributed by atoms with Gasteiger partial charge in [-0.1, -0.05) is 30.9 Å². The van der Waals surface area contributed by atoms with Gasteiger partial charge in [-0.2, -0.15) is 0 Å². The molecule has 110 valence electrons. The molecule has 0 saturated carbocycles. The van der Waals surface area contributed by atoms with Crippen molar-refractivity contribution in [3.8, 4) is 11.8 Å². The van der Waals surface area contributed by atoms with E-state index in [1.54, 1.807) is 0 Å². The number of nitrogens with two attached hydrogens (primary N) is 1. The highest BCUT2D eigenvalue weighted by molar-refractivity contribution is 5.78. The van der Waals surface area contributed by atoms with Gasteiger partial charge in [0.2, 0.25) is 5.91 Å². The number of carbonyl (C=O) groups is 1. The summed E-state index contributed by atoms with van der Waals surface area (Å²) in [5, 5.41) is 2.62. The number of amides is 1. The molecule has 0 aliphatic carbocycles. The molecule has 1 aromatic heterocycles. The summed E-state index contributed by atoms with van der Waals surface area (Å²) < 4.78 is 2.21. The fraction of sp³-hybridized carbons (Fsp3) is 0.375. The normalized spacial score (nSPS) is 10.2. The first-order chi connectivity index (χ1) is 10.3. The van der Waals surface area contributed by atoms with Crippen LogP contribution in [0.1, 0.15) is 19.2 Å². The van der Waals surface area contributed by atoms with Gasteiger partial charge in [0.05, 0.1) is 30.5 Å². The smallest absolute Gasteiger partial charge is 0.234 e. The van der Waals surface area contributed by atoms with Crippen molar-refractivity contribution >= 4 is 16.9 Å². The van der Waals surface area contributed by atoms with E-state index in [2.05, 4.69) is 39.7 Å². The second-order valence-corrected chi connectivity index (χ2v) is 4.68. The van der Waals surface area contributed by atoms with Gasteiger partial charge in [-0.05, 0) is 18.6 Å². The second kappa shape index (κ2) is 7.46. The minimum absolute atomic E-state index is 0.00598. The SMILES string of the molecule is CCCn1c(CC#CCNC(=O)CN)nc2ccccc21. The molecule has 2 aromatic rings. The van der Waals surface area contributed by atoms with Gasteiger partial charge >= 0.3 is 0 Å². The molecular weight excluding hydrogens is 264 g/mol. The molecule has 0 aliphatic rings. The van der Waals surface area contributed by atoms with Crippen LogP contribution in [0.4, 0.5) is 0 Å². The molecule has 5 nitrogen and oxygen atoms in total. The van der Waals surface area contributed by atoms with Crippen LogP contribution in [0.3, 0.4) is 0 Å². The molecule has 0 unspecified atom stereocenters. The number of benzene rings is 1. The highest BCUT2D eigenvalue weighted by atomic mass is 16.1. The van der Waals surface area contributed by atoms with Gasteiger partial charge in [0.1, 0.15) is 5.82 Å². The molecule has 0 fully saturated rings. The predicted octanol–water partition coefficient (Wildman–Crippen LogP) is 1.07. The van der Waals surface area contributed by atoms with Crippen LogP contribution in [0, 0.1) is 11.8 Å². The first-order valence-corrected chi connectivity index (χ1v) is 7.13. The number of nitrogens with one attached hydrogen (secondary N) is 1. The molecule has 3 N–H and O–H groups in total. The maximum Gasteiger partial charge on any atom is 0.234 e. The highest BCUT2D eigenvalue weighted by Crippen LogP contribution is 2.16. The molecule has 0 saturated heterocycles. The van der Waals surface area contributed by atoms with Crippen LogP contribution in [0.2, 0.25) is 0 Å². The molecule has 2 rings (SSSR count). The number of rotatable bonds is 5. The molecule has 0 radical (unpaired) electrons. The Morgan fingerprint density at radius 3 is 2.95 bits per heavy atom. The minimum Gasteiger partial charge on any atom is -0.344 e. The van der Waals surface area contributed by atoms with E-state index in [1.807, 2.05) is 18.2 Å². The maximum absolute atomic E-state index is 11.0. The number of carbonyl (C=O) groups excluding carboxylic acids is 1. The van der Waals surface area contributed by atoms with Crippen molar-refractivity contribution in [3.05, 3.63) is 30.1 Å². The summed E-state index contributed by atoms with van der Waals surface area (Å²) in [6.45, 7) is 3.39. The average Bonchev–Trinajstić information content (AvgIpc) is 2.85. The van der Waals surface area contributed by atoms with Crippen LogP contribution in [-0.2, 0) is 17.8 Å². The molecular formula is C16H20N4O. The zero-order valence-electron chi connectivity index (χ0n) is 12.2. The van der Waals surface area contributed by atoms with Crippen LogP contribution in [0.15, 0.2) is 24.3 Å². The van der Waals surface area contributed by atoms with Crippen molar-refractivity contribution < 1.29 is 4.79 Å². The lowest BCUT2D eigenvalue weighted by Gasteiger charge is -2.05. The number of aryl methyl sites for hydroxylation is 1. The Bertz CT molecular complexity index is 678. The number of hydrogen-bond donors (Lipinski definition) is 2. The molecule has 5 heteroatoms. The Balaban J connectivity index is 2.09. The van der Waals surface area contributed by atoms with Crippen LogP contribution in [-0.4, -0.2) is 28.5 Å². The molecule has 1 heterocycles. The summed E-state index contributed by atoms with van der Waals surface area (Å²) in [6, 6.07) is 8.10. The zero-order valence-corrected chi connectivity index (χ0v) is 12.2. The van der Waals surface area contributed by atoms with Crippen LogP contribution in [0.5, 0.6) is 0 Å². The number of para-hydroxylation sites is 2. The fourth-order valence-electron chi connectivity index (χ4n) is 2.15. The van der Waals surface area contributed by atoms with Crippen molar-refractivity contribution in [2.24, 2.45) is 5.73 Å². The van der Waals surface area contributed by atoms with Gasteiger partial charge in [0.15, 0.2) is 0 Å². The monoisotopic (exact) mass is 284 g/mol. The van der Waals surface area contributed by atoms with Gasteiger partial charge in [-0.15, -0.1) is 0 Å².